The van der Waals surface area contributed by atoms with Crippen LogP contribution in [0.15, 0.2) is 24.5 Å². The standard InChI is InChI=1S/C12H18N4O/c1-2-14-12(17)16-7-5-11(9-16)15-10-4-3-6-13-8-10/h3-4,6,8,11,15H,2,5,7,9H2,1H3,(H,14,17)/t11-/m1/s1. The zero-order chi connectivity index (χ0) is 12.1. The van der Waals surface area contributed by atoms with Gasteiger partial charge >= 0.3 is 6.03 Å². The van der Waals surface area contributed by atoms with Crippen molar-refractivity contribution in [2.45, 2.75) is 19.4 Å². The van der Waals surface area contributed by atoms with Gasteiger partial charge in [-0.25, -0.2) is 4.79 Å². The van der Waals surface area contributed by atoms with E-state index in [0.717, 1.165) is 25.2 Å². The Morgan fingerprint density at radius 2 is 2.53 bits per heavy atom. The zero-order valence-electron chi connectivity index (χ0n) is 10.0. The maximum absolute atomic E-state index is 11.6. The van der Waals surface area contributed by atoms with Gasteiger partial charge in [0.1, 0.15) is 0 Å². The van der Waals surface area contributed by atoms with E-state index in [1.54, 1.807) is 12.4 Å². The minimum atomic E-state index is 0.0305. The van der Waals surface area contributed by atoms with Crippen LogP contribution in [0.25, 0.3) is 0 Å². The Hall–Kier alpha value is -1.78. The molecule has 0 aromatic carbocycles. The number of anilines is 1. The maximum atomic E-state index is 11.6. The summed E-state index contributed by atoms with van der Waals surface area (Å²) in [5.41, 5.74) is 1.01. The minimum absolute atomic E-state index is 0.0305. The topological polar surface area (TPSA) is 57.3 Å². The number of hydrogen-bond acceptors (Lipinski definition) is 3. The largest absolute Gasteiger partial charge is 0.379 e. The van der Waals surface area contributed by atoms with E-state index in [1.165, 1.54) is 0 Å². The van der Waals surface area contributed by atoms with Crippen LogP contribution in [-0.4, -0.2) is 41.6 Å². The molecule has 1 aromatic heterocycles. The van der Waals surface area contributed by atoms with E-state index in [4.69, 9.17) is 0 Å². The molecular weight excluding hydrogens is 216 g/mol. The molecule has 17 heavy (non-hydrogen) atoms. The molecule has 2 rings (SSSR count). The van der Waals surface area contributed by atoms with Gasteiger partial charge in [-0.15, -0.1) is 0 Å². The van der Waals surface area contributed by atoms with Gasteiger partial charge < -0.3 is 15.5 Å². The summed E-state index contributed by atoms with van der Waals surface area (Å²) in [7, 11) is 0. The monoisotopic (exact) mass is 234 g/mol. The van der Waals surface area contributed by atoms with Gasteiger partial charge in [-0.2, -0.15) is 0 Å². The number of aromatic nitrogens is 1. The van der Waals surface area contributed by atoms with Gasteiger partial charge in [0.2, 0.25) is 0 Å². The highest BCUT2D eigenvalue weighted by Crippen LogP contribution is 2.14. The van der Waals surface area contributed by atoms with E-state index in [9.17, 15) is 4.79 Å². The summed E-state index contributed by atoms with van der Waals surface area (Å²) >= 11 is 0. The molecular formula is C12H18N4O. The number of amides is 2. The lowest BCUT2D eigenvalue weighted by atomic mass is 10.2. The number of hydrogen-bond donors (Lipinski definition) is 2. The summed E-state index contributed by atoms with van der Waals surface area (Å²) < 4.78 is 0. The fourth-order valence-electron chi connectivity index (χ4n) is 2.01. The summed E-state index contributed by atoms with van der Waals surface area (Å²) in [4.78, 5) is 17.5. The van der Waals surface area contributed by atoms with E-state index in [2.05, 4.69) is 15.6 Å². The second kappa shape index (κ2) is 5.52. The van der Waals surface area contributed by atoms with E-state index in [1.807, 2.05) is 24.0 Å². The first kappa shape index (κ1) is 11.7. The van der Waals surface area contributed by atoms with Crippen molar-refractivity contribution in [2.75, 3.05) is 25.0 Å². The van der Waals surface area contributed by atoms with Crippen LogP contribution in [0, 0.1) is 0 Å². The van der Waals surface area contributed by atoms with Crippen LogP contribution in [0.2, 0.25) is 0 Å². The van der Waals surface area contributed by atoms with Gasteiger partial charge in [0.25, 0.3) is 0 Å². The average molecular weight is 234 g/mol. The van der Waals surface area contributed by atoms with Crippen molar-refractivity contribution in [3.05, 3.63) is 24.5 Å². The highest BCUT2D eigenvalue weighted by molar-refractivity contribution is 5.74. The molecule has 0 radical (unpaired) electrons. The SMILES string of the molecule is CCNC(=O)N1CC[C@@H](Nc2cccnc2)C1. The second-order valence-electron chi connectivity index (χ2n) is 4.15. The molecule has 2 amide bonds. The molecule has 1 aliphatic rings. The van der Waals surface area contributed by atoms with Gasteiger partial charge in [0.15, 0.2) is 0 Å². The lowest BCUT2D eigenvalue weighted by molar-refractivity contribution is 0.209. The molecule has 0 spiro atoms. The Bertz CT molecular complexity index is 368. The number of carbonyl (C=O) groups is 1. The third kappa shape index (κ3) is 3.09. The summed E-state index contributed by atoms with van der Waals surface area (Å²) in [6.07, 6.45) is 4.53. The van der Waals surface area contributed by atoms with Crippen LogP contribution in [0.5, 0.6) is 0 Å². The van der Waals surface area contributed by atoms with Crippen molar-refractivity contribution in [3.63, 3.8) is 0 Å². The summed E-state index contributed by atoms with van der Waals surface area (Å²) in [5.74, 6) is 0. The normalized spacial score (nSPS) is 19.1. The molecule has 2 heterocycles. The molecule has 5 nitrogen and oxygen atoms in total. The first-order chi connectivity index (χ1) is 8.29. The van der Waals surface area contributed by atoms with Gasteiger partial charge in [0.05, 0.1) is 5.69 Å². The highest BCUT2D eigenvalue weighted by Gasteiger charge is 2.25. The van der Waals surface area contributed by atoms with Crippen molar-refractivity contribution in [1.29, 1.82) is 0 Å². The Morgan fingerprint density at radius 3 is 3.24 bits per heavy atom. The molecule has 1 aromatic rings. The summed E-state index contributed by atoms with van der Waals surface area (Å²) in [6, 6.07) is 4.24. The summed E-state index contributed by atoms with van der Waals surface area (Å²) in [5, 5.41) is 6.20. The van der Waals surface area contributed by atoms with Crippen molar-refractivity contribution < 1.29 is 4.79 Å². The van der Waals surface area contributed by atoms with Gasteiger partial charge in [-0.3, -0.25) is 4.98 Å². The Balaban J connectivity index is 1.84. The lowest BCUT2D eigenvalue weighted by Gasteiger charge is -2.17. The van der Waals surface area contributed by atoms with Crippen molar-refractivity contribution in [1.82, 2.24) is 15.2 Å². The molecule has 1 fully saturated rings. The third-order valence-electron chi connectivity index (χ3n) is 2.84. The average Bonchev–Trinajstić information content (AvgIpc) is 2.79. The molecule has 0 saturated carbocycles. The van der Waals surface area contributed by atoms with Gasteiger partial charge in [0, 0.05) is 38.1 Å². The molecule has 5 heteroatoms. The number of urea groups is 1. The van der Waals surface area contributed by atoms with Crippen LogP contribution < -0.4 is 10.6 Å². The zero-order valence-corrected chi connectivity index (χ0v) is 10.0. The highest BCUT2D eigenvalue weighted by atomic mass is 16.2. The smallest absolute Gasteiger partial charge is 0.317 e. The van der Waals surface area contributed by atoms with E-state index < -0.39 is 0 Å². The Morgan fingerprint density at radius 1 is 1.65 bits per heavy atom. The first-order valence-corrected chi connectivity index (χ1v) is 5.99. The number of pyridine rings is 1. The van der Waals surface area contributed by atoms with E-state index in [-0.39, 0.29) is 6.03 Å². The van der Waals surface area contributed by atoms with Crippen LogP contribution in [0.1, 0.15) is 13.3 Å². The van der Waals surface area contributed by atoms with Gasteiger partial charge in [-0.1, -0.05) is 0 Å². The molecule has 0 unspecified atom stereocenters. The van der Waals surface area contributed by atoms with E-state index in [0.29, 0.717) is 12.6 Å². The molecule has 1 saturated heterocycles. The molecule has 0 aliphatic carbocycles. The predicted molar refractivity (Wildman–Crippen MR) is 66.9 cm³/mol. The van der Waals surface area contributed by atoms with Crippen LogP contribution in [0.3, 0.4) is 0 Å². The second-order valence-corrected chi connectivity index (χ2v) is 4.15. The first-order valence-electron chi connectivity index (χ1n) is 5.99. The van der Waals surface area contributed by atoms with Crippen LogP contribution in [-0.2, 0) is 0 Å². The maximum Gasteiger partial charge on any atom is 0.317 e. The fourth-order valence-corrected chi connectivity index (χ4v) is 2.01. The minimum Gasteiger partial charge on any atom is -0.379 e. The molecule has 0 bridgehead atoms. The number of carbonyl (C=O) groups excluding carboxylic acids is 1. The van der Waals surface area contributed by atoms with Crippen LogP contribution in [0.4, 0.5) is 10.5 Å². The van der Waals surface area contributed by atoms with Crippen molar-refractivity contribution in [3.8, 4) is 0 Å². The number of nitrogens with one attached hydrogen (secondary N) is 2. The van der Waals surface area contributed by atoms with Crippen molar-refractivity contribution >= 4 is 11.7 Å². The molecule has 2 N–H and O–H groups in total. The number of rotatable bonds is 3. The summed E-state index contributed by atoms with van der Waals surface area (Å²) in [6.45, 7) is 4.17. The third-order valence-corrected chi connectivity index (χ3v) is 2.84. The lowest BCUT2D eigenvalue weighted by Crippen LogP contribution is -2.39. The Kier molecular flexibility index (Phi) is 3.80. The fraction of sp³-hybridized carbons (Fsp3) is 0.500. The molecule has 92 valence electrons. The number of likely N-dealkylation sites (tertiary alicyclic amines) is 1. The van der Waals surface area contributed by atoms with Crippen molar-refractivity contribution in [2.24, 2.45) is 0 Å². The van der Waals surface area contributed by atoms with Gasteiger partial charge in [-0.05, 0) is 25.5 Å². The van der Waals surface area contributed by atoms with E-state index >= 15 is 0 Å². The number of nitrogens with zero attached hydrogens (tertiary/aromatic N) is 2. The molecule has 1 atom stereocenters. The predicted octanol–water partition coefficient (Wildman–Crippen LogP) is 1.30. The Labute approximate surface area is 101 Å². The molecule has 1 aliphatic heterocycles. The van der Waals surface area contributed by atoms with Crippen LogP contribution >= 0.6 is 0 Å². The quantitative estimate of drug-likeness (QED) is 0.828.